The summed E-state index contributed by atoms with van der Waals surface area (Å²) >= 11 is 0. The average molecular weight is 426 g/mol. The molecule has 0 aliphatic heterocycles. The molecule has 3 heterocycles. The molecule has 8 heteroatoms. The van der Waals surface area contributed by atoms with Crippen molar-refractivity contribution >= 4 is 16.9 Å². The van der Waals surface area contributed by atoms with Crippen LogP contribution >= 0.6 is 0 Å². The van der Waals surface area contributed by atoms with E-state index in [9.17, 15) is 9.59 Å². The monoisotopic (exact) mass is 426 g/mol. The second kappa shape index (κ2) is 8.66. The number of pyridine rings is 1. The topological polar surface area (TPSA) is 103 Å². The number of amides is 1. The number of nitrogens with one attached hydrogen (secondary N) is 1. The molecular formula is C24H22N6O2. The van der Waals surface area contributed by atoms with Crippen LogP contribution in [0.4, 0.5) is 0 Å². The van der Waals surface area contributed by atoms with Crippen molar-refractivity contribution in [3.8, 4) is 11.3 Å². The first kappa shape index (κ1) is 20.0. The van der Waals surface area contributed by atoms with E-state index in [1.807, 2.05) is 18.2 Å². The highest BCUT2D eigenvalue weighted by Crippen LogP contribution is 2.28. The predicted molar refractivity (Wildman–Crippen MR) is 120 cm³/mol. The molecule has 1 fully saturated rings. The summed E-state index contributed by atoms with van der Waals surface area (Å²) in [5.41, 5.74) is 3.60. The molecule has 1 N–H and O–H groups in total. The number of benzene rings is 1. The van der Waals surface area contributed by atoms with Crippen molar-refractivity contribution in [3.63, 3.8) is 0 Å². The molecule has 0 spiro atoms. The van der Waals surface area contributed by atoms with Crippen LogP contribution in [0.5, 0.6) is 0 Å². The van der Waals surface area contributed by atoms with E-state index in [0.717, 1.165) is 42.5 Å². The summed E-state index contributed by atoms with van der Waals surface area (Å²) in [6.07, 6.45) is 9.81. The van der Waals surface area contributed by atoms with Crippen LogP contribution < -0.4 is 10.9 Å². The van der Waals surface area contributed by atoms with Gasteiger partial charge in [-0.2, -0.15) is 5.10 Å². The Labute approximate surface area is 184 Å². The van der Waals surface area contributed by atoms with Crippen LogP contribution in [-0.4, -0.2) is 36.7 Å². The number of rotatable bonds is 4. The van der Waals surface area contributed by atoms with E-state index in [1.165, 1.54) is 0 Å². The van der Waals surface area contributed by atoms with Gasteiger partial charge >= 0.3 is 0 Å². The van der Waals surface area contributed by atoms with Crippen molar-refractivity contribution < 1.29 is 4.79 Å². The SMILES string of the molecule is O=C(NC1CCC(n2nc(-c3ccncc3)ccc2=O)CC1)c1ccc2nccnc2c1. The van der Waals surface area contributed by atoms with Gasteiger partial charge in [0.15, 0.2) is 0 Å². The van der Waals surface area contributed by atoms with Gasteiger partial charge in [0.2, 0.25) is 0 Å². The lowest BCUT2D eigenvalue weighted by Crippen LogP contribution is -2.39. The van der Waals surface area contributed by atoms with E-state index in [1.54, 1.807) is 53.7 Å². The smallest absolute Gasteiger partial charge is 0.267 e. The van der Waals surface area contributed by atoms with Gasteiger partial charge in [0.1, 0.15) is 0 Å². The van der Waals surface area contributed by atoms with Crippen molar-refractivity contribution in [2.24, 2.45) is 0 Å². The molecule has 0 saturated heterocycles. The zero-order chi connectivity index (χ0) is 21.9. The van der Waals surface area contributed by atoms with Crippen LogP contribution in [0.1, 0.15) is 42.1 Å². The van der Waals surface area contributed by atoms with E-state index >= 15 is 0 Å². The summed E-state index contributed by atoms with van der Waals surface area (Å²) < 4.78 is 1.59. The Kier molecular flexibility index (Phi) is 5.41. The van der Waals surface area contributed by atoms with Gasteiger partial charge in [0, 0.05) is 48.0 Å². The van der Waals surface area contributed by atoms with Crippen molar-refractivity contribution in [1.29, 1.82) is 0 Å². The highest BCUT2D eigenvalue weighted by Gasteiger charge is 2.25. The zero-order valence-corrected chi connectivity index (χ0v) is 17.4. The van der Waals surface area contributed by atoms with Crippen LogP contribution in [0.3, 0.4) is 0 Å². The van der Waals surface area contributed by atoms with Gasteiger partial charge in [-0.05, 0) is 62.1 Å². The van der Waals surface area contributed by atoms with Gasteiger partial charge in [0.05, 0.1) is 22.8 Å². The highest BCUT2D eigenvalue weighted by molar-refractivity contribution is 5.97. The Morgan fingerprint density at radius 1 is 0.875 bits per heavy atom. The Balaban J connectivity index is 1.25. The molecule has 8 nitrogen and oxygen atoms in total. The molecule has 32 heavy (non-hydrogen) atoms. The van der Waals surface area contributed by atoms with Crippen LogP contribution in [0.2, 0.25) is 0 Å². The lowest BCUT2D eigenvalue weighted by atomic mass is 9.91. The number of hydrogen-bond acceptors (Lipinski definition) is 6. The molecule has 4 aromatic rings. The van der Waals surface area contributed by atoms with Crippen molar-refractivity contribution in [1.82, 2.24) is 30.0 Å². The Hall–Kier alpha value is -3.94. The molecule has 0 unspecified atom stereocenters. The minimum Gasteiger partial charge on any atom is -0.349 e. The zero-order valence-electron chi connectivity index (χ0n) is 17.4. The van der Waals surface area contributed by atoms with Crippen LogP contribution in [0, 0.1) is 0 Å². The van der Waals surface area contributed by atoms with Crippen LogP contribution in [-0.2, 0) is 0 Å². The Bertz CT molecular complexity index is 1310. The first-order valence-electron chi connectivity index (χ1n) is 10.7. The van der Waals surface area contributed by atoms with Crippen molar-refractivity contribution in [3.05, 3.63) is 83.2 Å². The fraction of sp³-hybridized carbons (Fsp3) is 0.250. The molecule has 5 rings (SSSR count). The molecule has 3 aromatic heterocycles. The number of hydrogen-bond donors (Lipinski definition) is 1. The number of aromatic nitrogens is 5. The summed E-state index contributed by atoms with van der Waals surface area (Å²) in [6, 6.07) is 12.5. The maximum Gasteiger partial charge on any atom is 0.267 e. The predicted octanol–water partition coefficient (Wildman–Crippen LogP) is 3.16. The molecule has 0 bridgehead atoms. The second-order valence-corrected chi connectivity index (χ2v) is 7.98. The van der Waals surface area contributed by atoms with Gasteiger partial charge in [-0.1, -0.05) is 0 Å². The van der Waals surface area contributed by atoms with Crippen molar-refractivity contribution in [2.75, 3.05) is 0 Å². The summed E-state index contributed by atoms with van der Waals surface area (Å²) in [6.45, 7) is 0. The molecule has 0 radical (unpaired) electrons. The summed E-state index contributed by atoms with van der Waals surface area (Å²) in [7, 11) is 0. The number of carbonyl (C=O) groups excluding carboxylic acids is 1. The largest absolute Gasteiger partial charge is 0.349 e. The number of carbonyl (C=O) groups is 1. The normalized spacial score (nSPS) is 18.4. The molecule has 0 atom stereocenters. The minimum atomic E-state index is -0.115. The fourth-order valence-corrected chi connectivity index (χ4v) is 4.20. The quantitative estimate of drug-likeness (QED) is 0.538. The fourth-order valence-electron chi connectivity index (χ4n) is 4.20. The van der Waals surface area contributed by atoms with Gasteiger partial charge in [-0.15, -0.1) is 0 Å². The average Bonchev–Trinajstić information content (AvgIpc) is 2.85. The van der Waals surface area contributed by atoms with Gasteiger partial charge < -0.3 is 5.32 Å². The highest BCUT2D eigenvalue weighted by atomic mass is 16.1. The minimum absolute atomic E-state index is 0.0217. The summed E-state index contributed by atoms with van der Waals surface area (Å²) in [5.74, 6) is -0.115. The standard InChI is InChI=1S/C24H22N6O2/c31-23-8-7-20(16-9-11-25-12-10-16)29-30(23)19-4-2-18(3-5-19)28-24(32)17-1-6-21-22(15-17)27-14-13-26-21/h1,6-15,18-19H,2-5H2,(H,28,32). The molecule has 1 saturated carbocycles. The molecular weight excluding hydrogens is 404 g/mol. The number of nitrogens with zero attached hydrogens (tertiary/aromatic N) is 5. The third-order valence-corrected chi connectivity index (χ3v) is 5.91. The lowest BCUT2D eigenvalue weighted by molar-refractivity contribution is 0.0921. The summed E-state index contributed by atoms with van der Waals surface area (Å²) in [5, 5.41) is 7.73. The first-order valence-corrected chi connectivity index (χ1v) is 10.7. The molecule has 1 aliphatic rings. The van der Waals surface area contributed by atoms with Crippen molar-refractivity contribution in [2.45, 2.75) is 37.8 Å². The van der Waals surface area contributed by atoms with Crippen LogP contribution in [0.25, 0.3) is 22.3 Å². The van der Waals surface area contributed by atoms with E-state index in [2.05, 4.69) is 25.4 Å². The third-order valence-electron chi connectivity index (χ3n) is 5.91. The summed E-state index contributed by atoms with van der Waals surface area (Å²) in [4.78, 5) is 37.7. The third kappa shape index (κ3) is 4.12. The van der Waals surface area contributed by atoms with E-state index in [0.29, 0.717) is 11.1 Å². The molecule has 1 aromatic carbocycles. The second-order valence-electron chi connectivity index (χ2n) is 7.98. The number of fused-ring (bicyclic) bond motifs is 1. The maximum absolute atomic E-state index is 12.7. The van der Waals surface area contributed by atoms with Crippen LogP contribution in [0.15, 0.2) is 72.0 Å². The van der Waals surface area contributed by atoms with Gasteiger partial charge in [0.25, 0.3) is 11.5 Å². The maximum atomic E-state index is 12.7. The lowest BCUT2D eigenvalue weighted by Gasteiger charge is -2.29. The Morgan fingerprint density at radius 3 is 2.41 bits per heavy atom. The molecule has 1 amide bonds. The van der Waals surface area contributed by atoms with E-state index in [-0.39, 0.29) is 23.6 Å². The molecule has 1 aliphatic carbocycles. The molecule has 160 valence electrons. The van der Waals surface area contributed by atoms with E-state index in [4.69, 9.17) is 0 Å². The first-order chi connectivity index (χ1) is 15.7. The van der Waals surface area contributed by atoms with Gasteiger partial charge in [-0.25, -0.2) is 4.68 Å². The van der Waals surface area contributed by atoms with E-state index < -0.39 is 0 Å². The Morgan fingerprint density at radius 2 is 1.62 bits per heavy atom. The van der Waals surface area contributed by atoms with Gasteiger partial charge in [-0.3, -0.25) is 24.5 Å².